The molecule has 29 heavy (non-hydrogen) atoms. The van der Waals surface area contributed by atoms with Crippen LogP contribution in [0.2, 0.25) is 0 Å². The Morgan fingerprint density at radius 3 is 1.41 bits per heavy atom. The lowest BCUT2D eigenvalue weighted by atomic mass is 10.1. The molecule has 5 nitrogen and oxygen atoms in total. The first-order chi connectivity index (χ1) is 14.3. The SMILES string of the molecule is CCCCc1ccc(/N=N/c2ccc(/N=N/c3ccc(OCC)cc3)cc2)cc1. The van der Waals surface area contributed by atoms with Crippen LogP contribution in [-0.4, -0.2) is 6.61 Å². The number of nitrogens with zero attached hydrogens (tertiary/aromatic N) is 4. The van der Waals surface area contributed by atoms with Gasteiger partial charge in [0.15, 0.2) is 0 Å². The quantitative estimate of drug-likeness (QED) is 0.341. The molecule has 0 spiro atoms. The fourth-order valence-electron chi connectivity index (χ4n) is 2.70. The van der Waals surface area contributed by atoms with Crippen molar-refractivity contribution in [3.63, 3.8) is 0 Å². The van der Waals surface area contributed by atoms with Gasteiger partial charge in [-0.05, 0) is 86.0 Å². The van der Waals surface area contributed by atoms with E-state index >= 15 is 0 Å². The average molecular weight is 386 g/mol. The maximum absolute atomic E-state index is 5.42. The Bertz CT molecular complexity index is 930. The molecule has 0 saturated heterocycles. The highest BCUT2D eigenvalue weighted by molar-refractivity contribution is 5.48. The van der Waals surface area contributed by atoms with Crippen molar-refractivity contribution in [2.75, 3.05) is 6.61 Å². The number of aryl methyl sites for hydroxylation is 1. The first-order valence-corrected chi connectivity index (χ1v) is 10.0. The zero-order valence-electron chi connectivity index (χ0n) is 17.0. The maximum atomic E-state index is 5.42. The Kier molecular flexibility index (Phi) is 7.63. The summed E-state index contributed by atoms with van der Waals surface area (Å²) in [6, 6.07) is 23.3. The Morgan fingerprint density at radius 1 is 0.586 bits per heavy atom. The summed E-state index contributed by atoms with van der Waals surface area (Å²) in [5.74, 6) is 0.830. The number of hydrogen-bond donors (Lipinski definition) is 0. The topological polar surface area (TPSA) is 58.7 Å². The van der Waals surface area contributed by atoms with Crippen molar-refractivity contribution >= 4 is 22.7 Å². The van der Waals surface area contributed by atoms with Gasteiger partial charge in [-0.2, -0.15) is 20.5 Å². The Morgan fingerprint density at radius 2 is 1.00 bits per heavy atom. The molecule has 0 saturated carbocycles. The number of ether oxygens (including phenoxy) is 1. The molecule has 0 aliphatic rings. The standard InChI is InChI=1S/C24H26N4O/c1-3-5-6-19-7-9-20(10-8-19)25-26-21-11-13-22(14-12-21)27-28-23-15-17-24(18-16-23)29-4-2/h7-18H,3-6H2,1-2H3/b26-25+,28-27+. The largest absolute Gasteiger partial charge is 0.494 e. The third-order valence-electron chi connectivity index (χ3n) is 4.31. The van der Waals surface area contributed by atoms with E-state index in [1.807, 2.05) is 67.6 Å². The molecule has 0 bridgehead atoms. The van der Waals surface area contributed by atoms with E-state index in [1.165, 1.54) is 18.4 Å². The smallest absolute Gasteiger partial charge is 0.119 e. The van der Waals surface area contributed by atoms with Crippen LogP contribution in [0, 0.1) is 0 Å². The van der Waals surface area contributed by atoms with Crippen LogP contribution < -0.4 is 4.74 Å². The summed E-state index contributed by atoms with van der Waals surface area (Å²) in [4.78, 5) is 0. The van der Waals surface area contributed by atoms with Gasteiger partial charge in [0.2, 0.25) is 0 Å². The van der Waals surface area contributed by atoms with Gasteiger partial charge < -0.3 is 4.74 Å². The Balaban J connectivity index is 1.57. The predicted octanol–water partition coefficient (Wildman–Crippen LogP) is 8.26. The van der Waals surface area contributed by atoms with Crippen molar-refractivity contribution < 1.29 is 4.74 Å². The minimum absolute atomic E-state index is 0.648. The summed E-state index contributed by atoms with van der Waals surface area (Å²) in [5, 5.41) is 17.1. The summed E-state index contributed by atoms with van der Waals surface area (Å²) < 4.78 is 5.42. The zero-order valence-corrected chi connectivity index (χ0v) is 17.0. The van der Waals surface area contributed by atoms with Crippen molar-refractivity contribution in [2.24, 2.45) is 20.5 Å². The van der Waals surface area contributed by atoms with Crippen LogP contribution >= 0.6 is 0 Å². The van der Waals surface area contributed by atoms with Crippen LogP contribution in [-0.2, 0) is 6.42 Å². The monoisotopic (exact) mass is 386 g/mol. The molecular weight excluding hydrogens is 360 g/mol. The molecule has 3 rings (SSSR count). The van der Waals surface area contributed by atoms with E-state index in [1.54, 1.807) is 0 Å². The average Bonchev–Trinajstić information content (AvgIpc) is 2.77. The molecule has 3 aromatic rings. The molecule has 0 radical (unpaired) electrons. The van der Waals surface area contributed by atoms with Gasteiger partial charge >= 0.3 is 0 Å². The van der Waals surface area contributed by atoms with E-state index in [-0.39, 0.29) is 0 Å². The second-order valence-corrected chi connectivity index (χ2v) is 6.61. The number of rotatable bonds is 9. The van der Waals surface area contributed by atoms with Crippen molar-refractivity contribution in [1.82, 2.24) is 0 Å². The van der Waals surface area contributed by atoms with Crippen LogP contribution in [0.3, 0.4) is 0 Å². The molecule has 0 aliphatic carbocycles. The summed E-state index contributed by atoms with van der Waals surface area (Å²) in [5.41, 5.74) is 4.51. The lowest BCUT2D eigenvalue weighted by molar-refractivity contribution is 0.340. The number of unbranched alkanes of at least 4 members (excludes halogenated alkanes) is 1. The molecule has 0 fully saturated rings. The third-order valence-corrected chi connectivity index (χ3v) is 4.31. The molecule has 0 aromatic heterocycles. The van der Waals surface area contributed by atoms with Gasteiger partial charge in [0, 0.05) is 0 Å². The molecule has 0 heterocycles. The Labute approximate surface area is 172 Å². The van der Waals surface area contributed by atoms with E-state index in [9.17, 15) is 0 Å². The minimum atomic E-state index is 0.648. The highest BCUT2D eigenvalue weighted by atomic mass is 16.5. The summed E-state index contributed by atoms with van der Waals surface area (Å²) in [6.07, 6.45) is 3.53. The van der Waals surface area contributed by atoms with Crippen molar-refractivity contribution in [3.05, 3.63) is 78.4 Å². The van der Waals surface area contributed by atoms with Gasteiger partial charge in [-0.15, -0.1) is 0 Å². The highest BCUT2D eigenvalue weighted by Gasteiger charge is 1.96. The van der Waals surface area contributed by atoms with E-state index < -0.39 is 0 Å². The van der Waals surface area contributed by atoms with Crippen molar-refractivity contribution in [3.8, 4) is 5.75 Å². The van der Waals surface area contributed by atoms with Gasteiger partial charge in [0.25, 0.3) is 0 Å². The fourth-order valence-corrected chi connectivity index (χ4v) is 2.70. The summed E-state index contributed by atoms with van der Waals surface area (Å²) >= 11 is 0. The minimum Gasteiger partial charge on any atom is -0.494 e. The highest BCUT2D eigenvalue weighted by Crippen LogP contribution is 2.24. The molecule has 5 heteroatoms. The number of hydrogen-bond acceptors (Lipinski definition) is 5. The van der Waals surface area contributed by atoms with Crippen LogP contribution in [0.5, 0.6) is 5.75 Å². The van der Waals surface area contributed by atoms with Crippen LogP contribution in [0.1, 0.15) is 32.3 Å². The van der Waals surface area contributed by atoms with E-state index in [0.717, 1.165) is 34.9 Å². The number of azo groups is 2. The van der Waals surface area contributed by atoms with Crippen LogP contribution in [0.15, 0.2) is 93.3 Å². The molecular formula is C24H26N4O. The lowest BCUT2D eigenvalue weighted by Crippen LogP contribution is -1.89. The molecule has 0 unspecified atom stereocenters. The second-order valence-electron chi connectivity index (χ2n) is 6.61. The molecule has 3 aromatic carbocycles. The molecule has 148 valence electrons. The van der Waals surface area contributed by atoms with Gasteiger partial charge in [-0.25, -0.2) is 0 Å². The van der Waals surface area contributed by atoms with Crippen molar-refractivity contribution in [1.29, 1.82) is 0 Å². The first-order valence-electron chi connectivity index (χ1n) is 10.0. The van der Waals surface area contributed by atoms with Gasteiger partial charge in [-0.3, -0.25) is 0 Å². The lowest BCUT2D eigenvalue weighted by Gasteiger charge is -2.01. The molecule has 0 amide bonds. The molecule has 0 aliphatic heterocycles. The first kappa shape index (κ1) is 20.4. The van der Waals surface area contributed by atoms with Crippen LogP contribution in [0.4, 0.5) is 22.7 Å². The molecule has 0 atom stereocenters. The maximum Gasteiger partial charge on any atom is 0.119 e. The van der Waals surface area contributed by atoms with Gasteiger partial charge in [0.05, 0.1) is 29.4 Å². The predicted molar refractivity (Wildman–Crippen MR) is 117 cm³/mol. The summed E-state index contributed by atoms with van der Waals surface area (Å²) in [7, 11) is 0. The van der Waals surface area contributed by atoms with E-state index in [0.29, 0.717) is 6.61 Å². The molecule has 0 N–H and O–H groups in total. The van der Waals surface area contributed by atoms with Gasteiger partial charge in [0.1, 0.15) is 5.75 Å². The summed E-state index contributed by atoms with van der Waals surface area (Å²) in [6.45, 7) is 4.81. The van der Waals surface area contributed by atoms with E-state index in [4.69, 9.17) is 4.74 Å². The van der Waals surface area contributed by atoms with Gasteiger partial charge in [-0.1, -0.05) is 25.5 Å². The zero-order chi connectivity index (χ0) is 20.3. The van der Waals surface area contributed by atoms with E-state index in [2.05, 4.69) is 39.5 Å². The number of benzene rings is 3. The van der Waals surface area contributed by atoms with Crippen LogP contribution in [0.25, 0.3) is 0 Å². The Hall–Kier alpha value is -3.34. The normalized spacial score (nSPS) is 11.4. The third kappa shape index (κ3) is 6.64. The second kappa shape index (κ2) is 10.9. The fraction of sp³-hybridized carbons (Fsp3) is 0.250. The van der Waals surface area contributed by atoms with Crippen molar-refractivity contribution in [2.45, 2.75) is 33.1 Å².